The second-order valence-electron chi connectivity index (χ2n) is 5.24. The van der Waals surface area contributed by atoms with E-state index >= 15 is 0 Å². The minimum atomic E-state index is -0.861. The van der Waals surface area contributed by atoms with E-state index in [4.69, 9.17) is 0 Å². The van der Waals surface area contributed by atoms with E-state index < -0.39 is 12.2 Å². The van der Waals surface area contributed by atoms with Crippen LogP contribution in [0, 0.1) is 0 Å². The normalized spacial score (nSPS) is 21.3. The molecule has 0 radical (unpaired) electrons. The van der Waals surface area contributed by atoms with Crippen molar-refractivity contribution in [3.8, 4) is 0 Å². The molecule has 0 unspecified atom stereocenters. The lowest BCUT2D eigenvalue weighted by molar-refractivity contribution is 0.0480. The maximum atomic E-state index is 10.3. The van der Waals surface area contributed by atoms with Gasteiger partial charge in [0, 0.05) is 0 Å². The Bertz CT molecular complexity index is 849. The number of hydrogen-bond acceptors (Lipinski definition) is 2. The van der Waals surface area contributed by atoms with E-state index in [1.807, 2.05) is 30.3 Å². The van der Waals surface area contributed by atoms with Crippen LogP contribution in [0.1, 0.15) is 17.2 Å². The van der Waals surface area contributed by atoms with Crippen molar-refractivity contribution in [1.82, 2.24) is 0 Å². The van der Waals surface area contributed by atoms with E-state index in [0.717, 1.165) is 21.9 Å². The van der Waals surface area contributed by atoms with Crippen LogP contribution in [-0.2, 0) is 0 Å². The third kappa shape index (κ3) is 1.52. The largest absolute Gasteiger partial charge is 0.386 e. The first-order valence-electron chi connectivity index (χ1n) is 6.74. The molecule has 2 heteroatoms. The minimum absolute atomic E-state index is 0.822. The van der Waals surface area contributed by atoms with Crippen LogP contribution < -0.4 is 0 Å². The summed E-state index contributed by atoms with van der Waals surface area (Å²) in [6.45, 7) is 0. The van der Waals surface area contributed by atoms with Crippen LogP contribution in [0.15, 0.2) is 54.6 Å². The standard InChI is InChI=1S/C18H14O2/c19-16-10-7-12-6-8-14-13-4-2-1-3-11(13)5-9-15(14)17(12)18(16)20/h1-10,16,18-20H/t16-,18+/m1/s1. The number of fused-ring (bicyclic) bond motifs is 5. The number of rotatable bonds is 0. The lowest BCUT2D eigenvalue weighted by Gasteiger charge is -2.24. The van der Waals surface area contributed by atoms with E-state index in [2.05, 4.69) is 24.3 Å². The third-order valence-electron chi connectivity index (χ3n) is 4.09. The molecule has 0 saturated heterocycles. The Morgan fingerprint density at radius 2 is 1.55 bits per heavy atom. The van der Waals surface area contributed by atoms with Crippen molar-refractivity contribution in [2.24, 2.45) is 0 Å². The van der Waals surface area contributed by atoms with Gasteiger partial charge in [-0.3, -0.25) is 0 Å². The van der Waals surface area contributed by atoms with E-state index in [1.54, 1.807) is 6.08 Å². The van der Waals surface area contributed by atoms with E-state index in [0.29, 0.717) is 0 Å². The Hall–Kier alpha value is -2.16. The van der Waals surface area contributed by atoms with Gasteiger partial charge < -0.3 is 10.2 Å². The van der Waals surface area contributed by atoms with E-state index in [-0.39, 0.29) is 0 Å². The van der Waals surface area contributed by atoms with Gasteiger partial charge in [-0.15, -0.1) is 0 Å². The highest BCUT2D eigenvalue weighted by Gasteiger charge is 2.24. The fourth-order valence-electron chi connectivity index (χ4n) is 3.08. The maximum Gasteiger partial charge on any atom is 0.110 e. The van der Waals surface area contributed by atoms with Gasteiger partial charge in [-0.05, 0) is 32.7 Å². The topological polar surface area (TPSA) is 40.5 Å². The summed E-state index contributed by atoms with van der Waals surface area (Å²) in [6.07, 6.45) is 1.82. The Kier molecular flexibility index (Phi) is 2.43. The number of aliphatic hydroxyl groups excluding tert-OH is 2. The highest BCUT2D eigenvalue weighted by molar-refractivity contribution is 6.09. The molecule has 4 rings (SSSR count). The summed E-state index contributed by atoms with van der Waals surface area (Å²) in [5.41, 5.74) is 1.80. The van der Waals surface area contributed by atoms with Crippen molar-refractivity contribution < 1.29 is 10.2 Å². The molecule has 20 heavy (non-hydrogen) atoms. The van der Waals surface area contributed by atoms with Crippen molar-refractivity contribution in [1.29, 1.82) is 0 Å². The summed E-state index contributed by atoms with van der Waals surface area (Å²) >= 11 is 0. The van der Waals surface area contributed by atoms with Gasteiger partial charge in [0.25, 0.3) is 0 Å². The first kappa shape index (κ1) is 11.6. The Morgan fingerprint density at radius 1 is 0.750 bits per heavy atom. The molecule has 0 spiro atoms. The highest BCUT2D eigenvalue weighted by Crippen LogP contribution is 2.36. The second-order valence-corrected chi connectivity index (χ2v) is 5.24. The van der Waals surface area contributed by atoms with Gasteiger partial charge in [0.1, 0.15) is 12.2 Å². The maximum absolute atomic E-state index is 10.3. The zero-order valence-electron chi connectivity index (χ0n) is 10.8. The summed E-state index contributed by atoms with van der Waals surface area (Å²) in [7, 11) is 0. The molecule has 0 saturated carbocycles. The van der Waals surface area contributed by atoms with Crippen LogP contribution in [-0.4, -0.2) is 16.3 Å². The van der Waals surface area contributed by atoms with Crippen LogP contribution in [0.25, 0.3) is 27.6 Å². The summed E-state index contributed by atoms with van der Waals surface area (Å²) in [5, 5.41) is 24.6. The molecule has 0 heterocycles. The zero-order valence-corrected chi connectivity index (χ0v) is 10.8. The molecular weight excluding hydrogens is 248 g/mol. The molecule has 0 bridgehead atoms. The molecule has 0 fully saturated rings. The lowest BCUT2D eigenvalue weighted by Crippen LogP contribution is -2.19. The first-order chi connectivity index (χ1) is 9.75. The molecular formula is C18H14O2. The fraction of sp³-hybridized carbons (Fsp3) is 0.111. The minimum Gasteiger partial charge on any atom is -0.386 e. The molecule has 1 aliphatic carbocycles. The molecule has 3 aromatic carbocycles. The van der Waals surface area contributed by atoms with E-state index in [9.17, 15) is 10.2 Å². The number of aliphatic hydroxyl groups is 2. The third-order valence-corrected chi connectivity index (χ3v) is 4.09. The van der Waals surface area contributed by atoms with E-state index in [1.165, 1.54) is 10.8 Å². The van der Waals surface area contributed by atoms with Crippen molar-refractivity contribution >= 4 is 27.6 Å². The van der Waals surface area contributed by atoms with Crippen LogP contribution in [0.4, 0.5) is 0 Å². The molecule has 2 atom stereocenters. The Morgan fingerprint density at radius 3 is 2.45 bits per heavy atom. The van der Waals surface area contributed by atoms with Gasteiger partial charge in [0.05, 0.1) is 0 Å². The molecule has 98 valence electrons. The Balaban J connectivity index is 2.15. The molecule has 0 aliphatic heterocycles. The SMILES string of the molecule is O[C@@H]1C=Cc2ccc3c(ccc4ccccc43)c2[C@H]1O. The molecule has 1 aliphatic rings. The summed E-state index contributed by atoms with van der Waals surface area (Å²) in [4.78, 5) is 0. The van der Waals surface area contributed by atoms with Gasteiger partial charge in [-0.1, -0.05) is 60.7 Å². The van der Waals surface area contributed by atoms with Gasteiger partial charge >= 0.3 is 0 Å². The second kappa shape index (κ2) is 4.17. The highest BCUT2D eigenvalue weighted by atomic mass is 16.3. The van der Waals surface area contributed by atoms with Gasteiger partial charge in [-0.25, -0.2) is 0 Å². The van der Waals surface area contributed by atoms with Gasteiger partial charge in [0.15, 0.2) is 0 Å². The van der Waals surface area contributed by atoms with Crippen molar-refractivity contribution in [2.75, 3.05) is 0 Å². The molecule has 0 amide bonds. The van der Waals surface area contributed by atoms with Crippen molar-refractivity contribution in [3.63, 3.8) is 0 Å². The van der Waals surface area contributed by atoms with Crippen LogP contribution in [0.2, 0.25) is 0 Å². The average molecular weight is 262 g/mol. The average Bonchev–Trinajstić information content (AvgIpc) is 2.50. The van der Waals surface area contributed by atoms with Gasteiger partial charge in [-0.2, -0.15) is 0 Å². The lowest BCUT2D eigenvalue weighted by atomic mass is 9.87. The van der Waals surface area contributed by atoms with Crippen LogP contribution in [0.3, 0.4) is 0 Å². The quantitative estimate of drug-likeness (QED) is 0.609. The van der Waals surface area contributed by atoms with Crippen molar-refractivity contribution in [3.05, 3.63) is 65.7 Å². The predicted octanol–water partition coefficient (Wildman–Crippen LogP) is 3.41. The summed E-state index contributed by atoms with van der Waals surface area (Å²) in [6, 6.07) is 16.4. The predicted molar refractivity (Wildman–Crippen MR) is 81.5 cm³/mol. The number of hydrogen-bond donors (Lipinski definition) is 2. The zero-order chi connectivity index (χ0) is 13.7. The van der Waals surface area contributed by atoms with Crippen LogP contribution in [0.5, 0.6) is 0 Å². The molecule has 2 nitrogen and oxygen atoms in total. The summed E-state index contributed by atoms with van der Waals surface area (Å²) < 4.78 is 0. The monoisotopic (exact) mass is 262 g/mol. The fourth-order valence-corrected chi connectivity index (χ4v) is 3.08. The molecule has 0 aromatic heterocycles. The van der Waals surface area contributed by atoms with Crippen LogP contribution >= 0.6 is 0 Å². The molecule has 2 N–H and O–H groups in total. The van der Waals surface area contributed by atoms with Gasteiger partial charge in [0.2, 0.25) is 0 Å². The first-order valence-corrected chi connectivity index (χ1v) is 6.74. The van der Waals surface area contributed by atoms with Crippen molar-refractivity contribution in [2.45, 2.75) is 12.2 Å². The summed E-state index contributed by atoms with van der Waals surface area (Å²) in [5.74, 6) is 0. The Labute approximate surface area is 116 Å². The number of benzene rings is 3. The smallest absolute Gasteiger partial charge is 0.110 e. The molecule has 3 aromatic rings.